The highest BCUT2D eigenvalue weighted by Crippen LogP contribution is 2.49. The molecular formula is C16H20N2O3. The Morgan fingerprint density at radius 2 is 2.29 bits per heavy atom. The second kappa shape index (κ2) is 5.13. The number of carboxylic acid groups (broad SMARTS) is 1. The SMILES string of the molecule is Cc1cnccc1CC(=O)N1CC[C@]2(C(=O)O)CCC[C@H]12. The maximum Gasteiger partial charge on any atom is 0.311 e. The van der Waals surface area contributed by atoms with Crippen molar-refractivity contribution in [2.75, 3.05) is 6.54 Å². The number of nitrogens with zero attached hydrogens (tertiary/aromatic N) is 2. The zero-order valence-corrected chi connectivity index (χ0v) is 12.2. The summed E-state index contributed by atoms with van der Waals surface area (Å²) in [6.45, 7) is 2.51. The van der Waals surface area contributed by atoms with Crippen LogP contribution in [-0.2, 0) is 16.0 Å². The minimum atomic E-state index is -0.736. The number of aryl methyl sites for hydroxylation is 1. The maximum atomic E-state index is 12.6. The van der Waals surface area contributed by atoms with E-state index in [0.717, 1.165) is 24.0 Å². The third-order valence-electron chi connectivity index (χ3n) is 5.14. The second-order valence-electron chi connectivity index (χ2n) is 6.19. The number of aliphatic carboxylic acids is 1. The lowest BCUT2D eigenvalue weighted by molar-refractivity contribution is -0.150. The Balaban J connectivity index is 1.78. The van der Waals surface area contributed by atoms with Gasteiger partial charge in [-0.15, -0.1) is 0 Å². The van der Waals surface area contributed by atoms with Crippen molar-refractivity contribution in [3.8, 4) is 0 Å². The highest BCUT2D eigenvalue weighted by molar-refractivity contribution is 5.83. The van der Waals surface area contributed by atoms with Gasteiger partial charge in [0.25, 0.3) is 0 Å². The van der Waals surface area contributed by atoms with Gasteiger partial charge in [0.1, 0.15) is 0 Å². The third kappa shape index (κ3) is 2.20. The van der Waals surface area contributed by atoms with Crippen molar-refractivity contribution < 1.29 is 14.7 Å². The molecule has 2 aliphatic rings. The fourth-order valence-electron chi connectivity index (χ4n) is 3.90. The molecule has 2 heterocycles. The molecule has 3 rings (SSSR count). The Morgan fingerprint density at radius 3 is 3.00 bits per heavy atom. The summed E-state index contributed by atoms with van der Waals surface area (Å²) in [5.41, 5.74) is 1.28. The first-order chi connectivity index (χ1) is 10.0. The Hall–Kier alpha value is -1.91. The number of hydrogen-bond acceptors (Lipinski definition) is 3. The van der Waals surface area contributed by atoms with Crippen molar-refractivity contribution >= 4 is 11.9 Å². The molecule has 2 atom stereocenters. The van der Waals surface area contributed by atoms with Gasteiger partial charge in [0.05, 0.1) is 11.8 Å². The standard InChI is InChI=1S/C16H20N2O3/c1-11-10-17-7-4-12(11)9-14(19)18-8-6-16(15(20)21)5-2-3-13(16)18/h4,7,10,13H,2-3,5-6,8-9H2,1H3,(H,20,21)/t13-,16+/m0/s1. The molecule has 112 valence electrons. The minimum absolute atomic E-state index is 0.0410. The molecule has 1 aliphatic carbocycles. The summed E-state index contributed by atoms with van der Waals surface area (Å²) in [7, 11) is 0. The van der Waals surface area contributed by atoms with Crippen molar-refractivity contribution in [3.63, 3.8) is 0 Å². The Morgan fingerprint density at radius 1 is 1.48 bits per heavy atom. The van der Waals surface area contributed by atoms with E-state index in [2.05, 4.69) is 4.98 Å². The second-order valence-corrected chi connectivity index (χ2v) is 6.19. The number of amides is 1. The number of carbonyl (C=O) groups excluding carboxylic acids is 1. The first-order valence-electron chi connectivity index (χ1n) is 7.47. The number of hydrogen-bond donors (Lipinski definition) is 1. The molecule has 1 saturated heterocycles. The van der Waals surface area contributed by atoms with Crippen LogP contribution in [0.5, 0.6) is 0 Å². The number of likely N-dealkylation sites (tertiary alicyclic amines) is 1. The summed E-state index contributed by atoms with van der Waals surface area (Å²) < 4.78 is 0. The molecule has 2 fully saturated rings. The van der Waals surface area contributed by atoms with Gasteiger partial charge in [-0.25, -0.2) is 0 Å². The predicted octanol–water partition coefficient (Wildman–Crippen LogP) is 1.79. The number of carbonyl (C=O) groups is 2. The lowest BCUT2D eigenvalue weighted by atomic mass is 9.82. The Bertz CT molecular complexity index is 587. The summed E-state index contributed by atoms with van der Waals surface area (Å²) in [6.07, 6.45) is 6.78. The lowest BCUT2D eigenvalue weighted by Gasteiger charge is -2.29. The van der Waals surface area contributed by atoms with Crippen LogP contribution in [0.3, 0.4) is 0 Å². The van der Waals surface area contributed by atoms with Gasteiger partial charge in [0, 0.05) is 25.0 Å². The molecule has 1 aliphatic heterocycles. The molecule has 0 unspecified atom stereocenters. The van der Waals surface area contributed by atoms with E-state index < -0.39 is 11.4 Å². The highest BCUT2D eigenvalue weighted by Gasteiger charge is 2.56. The van der Waals surface area contributed by atoms with Crippen LogP contribution in [0.4, 0.5) is 0 Å². The average molecular weight is 288 g/mol. The van der Waals surface area contributed by atoms with Crippen LogP contribution in [0.1, 0.15) is 36.8 Å². The predicted molar refractivity (Wildman–Crippen MR) is 76.7 cm³/mol. The van der Waals surface area contributed by atoms with Crippen LogP contribution in [0.25, 0.3) is 0 Å². The van der Waals surface area contributed by atoms with Crippen molar-refractivity contribution in [1.82, 2.24) is 9.88 Å². The number of carboxylic acids is 1. The molecule has 0 radical (unpaired) electrons. The van der Waals surface area contributed by atoms with Gasteiger partial charge >= 0.3 is 5.97 Å². The Kier molecular flexibility index (Phi) is 3.43. The molecule has 1 amide bonds. The topological polar surface area (TPSA) is 70.5 Å². The largest absolute Gasteiger partial charge is 0.481 e. The molecule has 1 N–H and O–H groups in total. The van der Waals surface area contributed by atoms with E-state index in [1.54, 1.807) is 17.3 Å². The van der Waals surface area contributed by atoms with Crippen molar-refractivity contribution in [3.05, 3.63) is 29.6 Å². The van der Waals surface area contributed by atoms with E-state index in [4.69, 9.17) is 0 Å². The number of pyridine rings is 1. The molecule has 5 heteroatoms. The molecule has 1 saturated carbocycles. The molecule has 21 heavy (non-hydrogen) atoms. The van der Waals surface area contributed by atoms with Crippen LogP contribution in [0, 0.1) is 12.3 Å². The monoisotopic (exact) mass is 288 g/mol. The van der Waals surface area contributed by atoms with Crippen LogP contribution >= 0.6 is 0 Å². The molecule has 0 aromatic carbocycles. The van der Waals surface area contributed by atoms with Gasteiger partial charge < -0.3 is 10.0 Å². The number of aromatic nitrogens is 1. The average Bonchev–Trinajstić information content (AvgIpc) is 3.00. The Labute approximate surface area is 124 Å². The number of fused-ring (bicyclic) bond motifs is 1. The van der Waals surface area contributed by atoms with Gasteiger partial charge in [0.2, 0.25) is 5.91 Å². The summed E-state index contributed by atoms with van der Waals surface area (Å²) in [5.74, 6) is -0.695. The van der Waals surface area contributed by atoms with Gasteiger partial charge in [0.15, 0.2) is 0 Å². The molecule has 0 spiro atoms. The quantitative estimate of drug-likeness (QED) is 0.920. The van der Waals surface area contributed by atoms with Crippen LogP contribution in [0.15, 0.2) is 18.5 Å². The first kappa shape index (κ1) is 14.0. The van der Waals surface area contributed by atoms with E-state index >= 15 is 0 Å². The van der Waals surface area contributed by atoms with E-state index in [1.165, 1.54) is 0 Å². The third-order valence-corrected chi connectivity index (χ3v) is 5.14. The maximum absolute atomic E-state index is 12.6. The van der Waals surface area contributed by atoms with Gasteiger partial charge in [-0.3, -0.25) is 14.6 Å². The van der Waals surface area contributed by atoms with Crippen LogP contribution in [-0.4, -0.2) is 39.5 Å². The molecule has 5 nitrogen and oxygen atoms in total. The summed E-state index contributed by atoms with van der Waals surface area (Å²) in [6, 6.07) is 1.74. The molecule has 0 bridgehead atoms. The number of rotatable bonds is 3. The van der Waals surface area contributed by atoms with Gasteiger partial charge in [-0.1, -0.05) is 6.42 Å². The van der Waals surface area contributed by atoms with Crippen LogP contribution < -0.4 is 0 Å². The first-order valence-corrected chi connectivity index (χ1v) is 7.47. The molecular weight excluding hydrogens is 268 g/mol. The van der Waals surface area contributed by atoms with Gasteiger partial charge in [-0.05, 0) is 43.4 Å². The van der Waals surface area contributed by atoms with Crippen molar-refractivity contribution in [1.29, 1.82) is 0 Å². The molecule has 1 aromatic rings. The zero-order chi connectivity index (χ0) is 15.0. The van der Waals surface area contributed by atoms with Crippen LogP contribution in [0.2, 0.25) is 0 Å². The zero-order valence-electron chi connectivity index (χ0n) is 12.2. The normalized spacial score (nSPS) is 27.7. The van der Waals surface area contributed by atoms with Gasteiger partial charge in [-0.2, -0.15) is 0 Å². The highest BCUT2D eigenvalue weighted by atomic mass is 16.4. The summed E-state index contributed by atoms with van der Waals surface area (Å²) in [4.78, 5) is 30.1. The van der Waals surface area contributed by atoms with Crippen molar-refractivity contribution in [2.45, 2.75) is 45.1 Å². The fourth-order valence-corrected chi connectivity index (χ4v) is 3.90. The fraction of sp³-hybridized carbons (Fsp3) is 0.562. The van der Waals surface area contributed by atoms with E-state index in [-0.39, 0.29) is 11.9 Å². The lowest BCUT2D eigenvalue weighted by Crippen LogP contribution is -2.43. The smallest absolute Gasteiger partial charge is 0.311 e. The van der Waals surface area contributed by atoms with Crippen molar-refractivity contribution in [2.24, 2.45) is 5.41 Å². The van der Waals surface area contributed by atoms with E-state index in [0.29, 0.717) is 25.8 Å². The molecule has 1 aromatic heterocycles. The summed E-state index contributed by atoms with van der Waals surface area (Å²) >= 11 is 0. The minimum Gasteiger partial charge on any atom is -0.481 e. The van der Waals surface area contributed by atoms with E-state index in [1.807, 2.05) is 13.0 Å². The summed E-state index contributed by atoms with van der Waals surface area (Å²) in [5, 5.41) is 9.56. The van der Waals surface area contributed by atoms with E-state index in [9.17, 15) is 14.7 Å².